The molecule has 0 aliphatic carbocycles. The highest BCUT2D eigenvalue weighted by atomic mass is 32.2. The second kappa shape index (κ2) is 7.15. The van der Waals surface area contributed by atoms with E-state index < -0.39 is 6.04 Å². The van der Waals surface area contributed by atoms with E-state index in [2.05, 4.69) is 5.32 Å². The molecule has 1 aromatic heterocycles. The van der Waals surface area contributed by atoms with Crippen LogP contribution in [0.3, 0.4) is 0 Å². The minimum Gasteiger partial charge on any atom is -0.459 e. The summed E-state index contributed by atoms with van der Waals surface area (Å²) in [7, 11) is 0. The van der Waals surface area contributed by atoms with Crippen molar-refractivity contribution < 1.29 is 18.4 Å². The van der Waals surface area contributed by atoms with Gasteiger partial charge in [0.15, 0.2) is 5.76 Å². The first-order valence-corrected chi connectivity index (χ1v) is 9.69. The number of thioether (sulfide) groups is 1. The molecular formula is C19H19FN2O3S. The van der Waals surface area contributed by atoms with Crippen LogP contribution in [0.2, 0.25) is 0 Å². The van der Waals surface area contributed by atoms with Gasteiger partial charge < -0.3 is 14.6 Å². The van der Waals surface area contributed by atoms with E-state index in [0.29, 0.717) is 13.0 Å². The van der Waals surface area contributed by atoms with Gasteiger partial charge in [-0.3, -0.25) is 9.59 Å². The molecule has 7 heteroatoms. The zero-order chi connectivity index (χ0) is 18.1. The van der Waals surface area contributed by atoms with Gasteiger partial charge in [0.2, 0.25) is 5.91 Å². The van der Waals surface area contributed by atoms with Crippen LogP contribution >= 0.6 is 11.8 Å². The van der Waals surface area contributed by atoms with Gasteiger partial charge in [-0.1, -0.05) is 0 Å². The van der Waals surface area contributed by atoms with Crippen molar-refractivity contribution in [2.24, 2.45) is 0 Å². The maximum Gasteiger partial charge on any atom is 0.290 e. The molecule has 0 radical (unpaired) electrons. The van der Waals surface area contributed by atoms with E-state index in [4.69, 9.17) is 4.42 Å². The molecule has 2 aromatic rings. The molecule has 3 heterocycles. The fraction of sp³-hybridized carbons (Fsp3) is 0.368. The summed E-state index contributed by atoms with van der Waals surface area (Å²) in [5.41, 5.74) is 0.816. The van der Waals surface area contributed by atoms with E-state index in [0.717, 1.165) is 29.1 Å². The number of halogens is 1. The zero-order valence-electron chi connectivity index (χ0n) is 14.1. The van der Waals surface area contributed by atoms with Gasteiger partial charge in [0, 0.05) is 17.2 Å². The number of hydrogen-bond donors (Lipinski definition) is 1. The molecule has 2 aliphatic heterocycles. The first kappa shape index (κ1) is 17.1. The Morgan fingerprint density at radius 3 is 2.96 bits per heavy atom. The number of rotatable bonds is 3. The fourth-order valence-electron chi connectivity index (χ4n) is 3.61. The van der Waals surface area contributed by atoms with E-state index >= 15 is 0 Å². The Morgan fingerprint density at radius 1 is 1.27 bits per heavy atom. The molecule has 0 bridgehead atoms. The van der Waals surface area contributed by atoms with Crippen molar-refractivity contribution in [1.29, 1.82) is 0 Å². The topological polar surface area (TPSA) is 62.6 Å². The first-order valence-electron chi connectivity index (χ1n) is 8.70. The minimum atomic E-state index is -0.515. The number of amides is 2. The van der Waals surface area contributed by atoms with Crippen molar-refractivity contribution in [2.45, 2.75) is 36.2 Å². The lowest BCUT2D eigenvalue weighted by Gasteiger charge is -2.29. The number of fused-ring (bicyclic) bond motifs is 1. The lowest BCUT2D eigenvalue weighted by Crippen LogP contribution is -2.47. The van der Waals surface area contributed by atoms with Crippen LogP contribution in [0.25, 0.3) is 0 Å². The molecule has 0 spiro atoms. The van der Waals surface area contributed by atoms with Gasteiger partial charge in [-0.2, -0.15) is 0 Å². The van der Waals surface area contributed by atoms with Crippen LogP contribution in [0.5, 0.6) is 0 Å². The van der Waals surface area contributed by atoms with Crippen LogP contribution < -0.4 is 5.32 Å². The maximum absolute atomic E-state index is 13.6. The normalized spacial score (nSPS) is 22.1. The molecule has 1 saturated heterocycles. The Kier molecular flexibility index (Phi) is 4.72. The number of carbonyl (C=O) groups excluding carboxylic acids is 2. The van der Waals surface area contributed by atoms with Gasteiger partial charge in [0.1, 0.15) is 11.9 Å². The van der Waals surface area contributed by atoms with Crippen molar-refractivity contribution in [1.82, 2.24) is 10.2 Å². The highest BCUT2D eigenvalue weighted by Crippen LogP contribution is 2.36. The monoisotopic (exact) mass is 374 g/mol. The molecule has 1 fully saturated rings. The molecule has 1 aromatic carbocycles. The van der Waals surface area contributed by atoms with E-state index in [-0.39, 0.29) is 29.4 Å². The van der Waals surface area contributed by atoms with Crippen LogP contribution in [0.15, 0.2) is 45.9 Å². The van der Waals surface area contributed by atoms with Gasteiger partial charge in [0.25, 0.3) is 5.91 Å². The largest absolute Gasteiger partial charge is 0.459 e. The molecule has 0 saturated carbocycles. The third-order valence-electron chi connectivity index (χ3n) is 4.88. The third-order valence-corrected chi connectivity index (χ3v) is 6.00. The summed E-state index contributed by atoms with van der Waals surface area (Å²) < 4.78 is 18.8. The Labute approximate surface area is 154 Å². The first-order chi connectivity index (χ1) is 12.6. The Hall–Kier alpha value is -2.28. The summed E-state index contributed by atoms with van der Waals surface area (Å²) in [6.45, 7) is 0.531. The Morgan fingerprint density at radius 2 is 2.15 bits per heavy atom. The number of nitrogens with zero attached hydrogens (tertiary/aromatic N) is 1. The average molecular weight is 374 g/mol. The van der Waals surface area contributed by atoms with Crippen molar-refractivity contribution >= 4 is 23.6 Å². The fourth-order valence-corrected chi connectivity index (χ4v) is 4.71. The summed E-state index contributed by atoms with van der Waals surface area (Å²) in [4.78, 5) is 28.0. The Bertz CT molecular complexity index is 824. The summed E-state index contributed by atoms with van der Waals surface area (Å²) in [6.07, 6.45) is 3.58. The smallest absolute Gasteiger partial charge is 0.290 e. The molecule has 136 valence electrons. The van der Waals surface area contributed by atoms with Crippen molar-refractivity contribution in [3.63, 3.8) is 0 Å². The van der Waals surface area contributed by atoms with Crippen molar-refractivity contribution in [2.75, 3.05) is 12.3 Å². The quantitative estimate of drug-likeness (QED) is 0.895. The van der Waals surface area contributed by atoms with Crippen LogP contribution in [-0.4, -0.2) is 35.1 Å². The molecule has 1 N–H and O–H groups in total. The average Bonchev–Trinajstić information content (AvgIpc) is 3.33. The van der Waals surface area contributed by atoms with Crippen LogP contribution in [0.1, 0.15) is 41.4 Å². The van der Waals surface area contributed by atoms with Crippen molar-refractivity contribution in [3.8, 4) is 0 Å². The molecule has 26 heavy (non-hydrogen) atoms. The molecule has 5 nitrogen and oxygen atoms in total. The highest BCUT2D eigenvalue weighted by Gasteiger charge is 2.36. The number of furan rings is 1. The number of hydrogen-bond acceptors (Lipinski definition) is 4. The number of likely N-dealkylation sites (tertiary alicyclic amines) is 1. The molecule has 2 aliphatic rings. The Balaban J connectivity index is 1.50. The predicted octanol–water partition coefficient (Wildman–Crippen LogP) is 3.38. The van der Waals surface area contributed by atoms with Crippen LogP contribution in [-0.2, 0) is 4.79 Å². The molecule has 2 amide bonds. The highest BCUT2D eigenvalue weighted by molar-refractivity contribution is 7.99. The predicted molar refractivity (Wildman–Crippen MR) is 95.4 cm³/mol. The second-order valence-corrected chi connectivity index (χ2v) is 7.65. The van der Waals surface area contributed by atoms with Gasteiger partial charge >= 0.3 is 0 Å². The summed E-state index contributed by atoms with van der Waals surface area (Å²) in [5.74, 6) is 0.350. The van der Waals surface area contributed by atoms with Gasteiger partial charge in [-0.15, -0.1) is 11.8 Å². The number of benzene rings is 1. The molecule has 4 rings (SSSR count). The van der Waals surface area contributed by atoms with Gasteiger partial charge in [-0.25, -0.2) is 4.39 Å². The number of carbonyl (C=O) groups is 2. The van der Waals surface area contributed by atoms with Gasteiger partial charge in [0.05, 0.1) is 12.3 Å². The molecule has 2 atom stereocenters. The lowest BCUT2D eigenvalue weighted by atomic mass is 10.0. The lowest BCUT2D eigenvalue weighted by molar-refractivity contribution is -0.125. The zero-order valence-corrected chi connectivity index (χ0v) is 14.9. The third kappa shape index (κ3) is 3.23. The molecular weight excluding hydrogens is 355 g/mol. The second-order valence-electron chi connectivity index (χ2n) is 6.51. The summed E-state index contributed by atoms with van der Waals surface area (Å²) in [5, 5.41) is 3.03. The van der Waals surface area contributed by atoms with E-state index in [1.165, 1.54) is 18.4 Å². The van der Waals surface area contributed by atoms with E-state index in [1.807, 2.05) is 0 Å². The number of nitrogens with one attached hydrogen (secondary N) is 1. The van der Waals surface area contributed by atoms with Crippen LogP contribution in [0, 0.1) is 5.82 Å². The summed E-state index contributed by atoms with van der Waals surface area (Å²) >= 11 is 1.67. The van der Waals surface area contributed by atoms with Crippen molar-refractivity contribution in [3.05, 3.63) is 53.7 Å². The van der Waals surface area contributed by atoms with E-state index in [9.17, 15) is 14.0 Å². The van der Waals surface area contributed by atoms with Gasteiger partial charge in [-0.05, 0) is 55.2 Å². The van der Waals surface area contributed by atoms with Crippen LogP contribution in [0.4, 0.5) is 4.39 Å². The van der Waals surface area contributed by atoms with E-state index in [1.54, 1.807) is 34.9 Å². The maximum atomic E-state index is 13.6. The summed E-state index contributed by atoms with van der Waals surface area (Å²) in [6, 6.07) is 7.21. The minimum absolute atomic E-state index is 0.186. The SMILES string of the molecule is O=C(N[C@H]1CCSc2ccc(F)cc21)[C@@H]1CCCN1C(=O)c1ccco1. The molecule has 0 unspecified atom stereocenters. The standard InChI is InChI=1S/C19H19FN2O3S/c20-12-5-6-17-13(11-12)14(7-10-26-17)21-18(23)15-3-1-8-22(15)19(24)16-4-2-9-25-16/h2,4-6,9,11,14-15H,1,3,7-8,10H2,(H,21,23)/t14-,15-/m0/s1.